The number of methoxy groups -OCH3 is 1. The average molecular weight is 313 g/mol. The first-order chi connectivity index (χ1) is 11.0. The summed E-state index contributed by atoms with van der Waals surface area (Å²) in [5.74, 6) is 0.604. The van der Waals surface area contributed by atoms with E-state index in [1.165, 1.54) is 7.11 Å². The highest BCUT2D eigenvalue weighted by Crippen LogP contribution is 2.24. The van der Waals surface area contributed by atoms with Crippen LogP contribution in [-0.2, 0) is 4.79 Å². The van der Waals surface area contributed by atoms with Crippen molar-refractivity contribution in [3.63, 3.8) is 0 Å². The molecule has 0 aliphatic heterocycles. The van der Waals surface area contributed by atoms with Crippen molar-refractivity contribution in [1.82, 2.24) is 0 Å². The number of aryl methyl sites for hydroxylation is 1. The van der Waals surface area contributed by atoms with Gasteiger partial charge in [-0.15, -0.1) is 0 Å². The van der Waals surface area contributed by atoms with Crippen LogP contribution in [-0.4, -0.2) is 25.4 Å². The molecule has 0 aliphatic rings. The Balaban J connectivity index is 2.07. The average Bonchev–Trinajstić information content (AvgIpc) is 2.55. The van der Waals surface area contributed by atoms with E-state index < -0.39 is 6.10 Å². The van der Waals surface area contributed by atoms with Crippen LogP contribution in [0.2, 0.25) is 0 Å². The summed E-state index contributed by atoms with van der Waals surface area (Å²) < 4.78 is 10.7. The molecule has 1 amide bonds. The topological polar surface area (TPSA) is 64.6 Å². The number of hydrogen-bond acceptors (Lipinski definition) is 4. The maximum Gasteiger partial charge on any atom is 0.265 e. The largest absolute Gasteiger partial charge is 0.497 e. The third-order valence-electron chi connectivity index (χ3n) is 3.30. The molecule has 5 heteroatoms. The highest BCUT2D eigenvalue weighted by Gasteiger charge is 2.17. The van der Waals surface area contributed by atoms with Crippen molar-refractivity contribution in [2.24, 2.45) is 0 Å². The second-order valence-electron chi connectivity index (χ2n) is 5.14. The maximum atomic E-state index is 12.2. The molecular formula is C18H19NO4. The molecule has 0 saturated carbocycles. The Kier molecular flexibility index (Phi) is 5.36. The fourth-order valence-electron chi connectivity index (χ4n) is 2.06. The third-order valence-corrected chi connectivity index (χ3v) is 3.30. The van der Waals surface area contributed by atoms with E-state index in [1.54, 1.807) is 25.1 Å². The maximum absolute atomic E-state index is 12.2. The Morgan fingerprint density at radius 3 is 2.65 bits per heavy atom. The Labute approximate surface area is 135 Å². The van der Waals surface area contributed by atoms with Crippen LogP contribution in [0.5, 0.6) is 11.5 Å². The second-order valence-corrected chi connectivity index (χ2v) is 5.14. The van der Waals surface area contributed by atoms with E-state index in [0.717, 1.165) is 5.56 Å². The van der Waals surface area contributed by atoms with Crippen molar-refractivity contribution < 1.29 is 19.1 Å². The van der Waals surface area contributed by atoms with Gasteiger partial charge in [0.05, 0.1) is 12.7 Å². The van der Waals surface area contributed by atoms with E-state index in [1.807, 2.05) is 31.2 Å². The number of hydrogen-bond donors (Lipinski definition) is 1. The van der Waals surface area contributed by atoms with Gasteiger partial charge in [0, 0.05) is 5.69 Å². The molecule has 0 unspecified atom stereocenters. The lowest BCUT2D eigenvalue weighted by molar-refractivity contribution is -0.122. The van der Waals surface area contributed by atoms with Crippen molar-refractivity contribution in [3.8, 4) is 11.5 Å². The van der Waals surface area contributed by atoms with Crippen molar-refractivity contribution >= 4 is 17.9 Å². The summed E-state index contributed by atoms with van der Waals surface area (Å²) in [6.07, 6.45) is -0.0779. The fourth-order valence-corrected chi connectivity index (χ4v) is 2.06. The Hall–Kier alpha value is -2.82. The van der Waals surface area contributed by atoms with Crippen LogP contribution in [0.15, 0.2) is 42.5 Å². The molecule has 23 heavy (non-hydrogen) atoms. The Bertz CT molecular complexity index is 712. The molecular weight excluding hydrogens is 294 g/mol. The number of benzene rings is 2. The van der Waals surface area contributed by atoms with Crippen LogP contribution in [0.4, 0.5) is 5.69 Å². The van der Waals surface area contributed by atoms with Crippen LogP contribution < -0.4 is 14.8 Å². The number of rotatable bonds is 6. The number of nitrogens with one attached hydrogen (secondary N) is 1. The SMILES string of the molecule is COc1ccc(O[C@@H](C)C(=O)Nc2cccc(C)c2)c(C=O)c1. The summed E-state index contributed by atoms with van der Waals surface area (Å²) in [7, 11) is 1.52. The fraction of sp³-hybridized carbons (Fsp3) is 0.222. The summed E-state index contributed by atoms with van der Waals surface area (Å²) in [6, 6.07) is 12.3. The van der Waals surface area contributed by atoms with Crippen molar-refractivity contribution in [1.29, 1.82) is 0 Å². The molecule has 0 saturated heterocycles. The first-order valence-corrected chi connectivity index (χ1v) is 7.21. The van der Waals surface area contributed by atoms with E-state index in [0.29, 0.717) is 29.0 Å². The van der Waals surface area contributed by atoms with Gasteiger partial charge in [-0.3, -0.25) is 9.59 Å². The number of anilines is 1. The number of ether oxygens (including phenoxy) is 2. The molecule has 0 fully saturated rings. The highest BCUT2D eigenvalue weighted by molar-refractivity contribution is 5.94. The minimum Gasteiger partial charge on any atom is -0.497 e. The molecule has 2 aromatic carbocycles. The molecule has 0 spiro atoms. The Morgan fingerprint density at radius 1 is 1.22 bits per heavy atom. The molecule has 5 nitrogen and oxygen atoms in total. The zero-order chi connectivity index (χ0) is 16.8. The summed E-state index contributed by atoms with van der Waals surface area (Å²) in [6.45, 7) is 3.58. The summed E-state index contributed by atoms with van der Waals surface area (Å²) in [5.41, 5.74) is 2.09. The van der Waals surface area contributed by atoms with Crippen LogP contribution >= 0.6 is 0 Å². The zero-order valence-electron chi connectivity index (χ0n) is 13.3. The van der Waals surface area contributed by atoms with E-state index in [-0.39, 0.29) is 5.91 Å². The summed E-state index contributed by atoms with van der Waals surface area (Å²) >= 11 is 0. The highest BCUT2D eigenvalue weighted by atomic mass is 16.5. The van der Waals surface area contributed by atoms with E-state index in [2.05, 4.69) is 5.32 Å². The van der Waals surface area contributed by atoms with Crippen LogP contribution in [0.25, 0.3) is 0 Å². The number of aldehydes is 1. The molecule has 120 valence electrons. The lowest BCUT2D eigenvalue weighted by Gasteiger charge is -2.16. The van der Waals surface area contributed by atoms with Gasteiger partial charge in [0.25, 0.3) is 5.91 Å². The number of amides is 1. The molecule has 2 rings (SSSR count). The van der Waals surface area contributed by atoms with Gasteiger partial charge in [0.1, 0.15) is 11.5 Å². The predicted molar refractivity (Wildman–Crippen MR) is 88.3 cm³/mol. The van der Waals surface area contributed by atoms with E-state index in [4.69, 9.17) is 9.47 Å². The predicted octanol–water partition coefficient (Wildman–Crippen LogP) is 3.22. The van der Waals surface area contributed by atoms with Gasteiger partial charge < -0.3 is 14.8 Å². The van der Waals surface area contributed by atoms with Gasteiger partial charge in [-0.1, -0.05) is 12.1 Å². The Morgan fingerprint density at radius 2 is 2.00 bits per heavy atom. The normalized spacial score (nSPS) is 11.4. The minimum atomic E-state index is -0.748. The lowest BCUT2D eigenvalue weighted by atomic mass is 10.2. The molecule has 1 N–H and O–H groups in total. The van der Waals surface area contributed by atoms with E-state index in [9.17, 15) is 9.59 Å². The van der Waals surface area contributed by atoms with Crippen molar-refractivity contribution in [2.45, 2.75) is 20.0 Å². The van der Waals surface area contributed by atoms with E-state index >= 15 is 0 Å². The third kappa shape index (κ3) is 4.32. The van der Waals surface area contributed by atoms with Gasteiger partial charge >= 0.3 is 0 Å². The van der Waals surface area contributed by atoms with Gasteiger partial charge in [-0.05, 0) is 49.7 Å². The number of carbonyl (C=O) groups is 2. The first-order valence-electron chi connectivity index (χ1n) is 7.21. The molecule has 0 aliphatic carbocycles. The molecule has 2 aromatic rings. The standard InChI is InChI=1S/C18H19NO4/c1-12-5-4-6-15(9-12)19-18(21)13(2)23-17-8-7-16(22-3)10-14(17)11-20/h4-11,13H,1-3H3,(H,19,21)/t13-/m0/s1. The summed E-state index contributed by atoms with van der Waals surface area (Å²) in [4.78, 5) is 23.3. The molecule has 1 atom stereocenters. The van der Waals surface area contributed by atoms with Gasteiger partial charge in [-0.25, -0.2) is 0 Å². The van der Waals surface area contributed by atoms with Gasteiger partial charge in [-0.2, -0.15) is 0 Å². The van der Waals surface area contributed by atoms with Gasteiger partial charge in [0.15, 0.2) is 12.4 Å². The monoisotopic (exact) mass is 313 g/mol. The quantitative estimate of drug-likeness (QED) is 0.832. The summed E-state index contributed by atoms with van der Waals surface area (Å²) in [5, 5.41) is 2.79. The first kappa shape index (κ1) is 16.5. The molecule has 0 radical (unpaired) electrons. The molecule has 0 heterocycles. The molecule has 0 aromatic heterocycles. The van der Waals surface area contributed by atoms with Crippen molar-refractivity contribution in [2.75, 3.05) is 12.4 Å². The second kappa shape index (κ2) is 7.45. The van der Waals surface area contributed by atoms with Crippen LogP contribution in [0.3, 0.4) is 0 Å². The smallest absolute Gasteiger partial charge is 0.265 e. The van der Waals surface area contributed by atoms with Crippen LogP contribution in [0, 0.1) is 6.92 Å². The number of carbonyl (C=O) groups excluding carboxylic acids is 2. The lowest BCUT2D eigenvalue weighted by Crippen LogP contribution is -2.30. The van der Waals surface area contributed by atoms with Crippen LogP contribution in [0.1, 0.15) is 22.8 Å². The zero-order valence-corrected chi connectivity index (χ0v) is 13.3. The molecule has 0 bridgehead atoms. The van der Waals surface area contributed by atoms with Gasteiger partial charge in [0.2, 0.25) is 0 Å². The van der Waals surface area contributed by atoms with Crippen molar-refractivity contribution in [3.05, 3.63) is 53.6 Å². The minimum absolute atomic E-state index is 0.289.